The van der Waals surface area contributed by atoms with Crippen LogP contribution in [-0.2, 0) is 23.7 Å². The lowest BCUT2D eigenvalue weighted by Gasteiger charge is -2.46. The molecule has 0 bridgehead atoms. The van der Waals surface area contributed by atoms with E-state index in [0.29, 0.717) is 12.8 Å². The molecule has 2 aliphatic heterocycles. The van der Waals surface area contributed by atoms with Gasteiger partial charge in [0.25, 0.3) is 0 Å². The summed E-state index contributed by atoms with van der Waals surface area (Å²) in [5.41, 5.74) is 0. The molecule has 9 N–H and O–H groups in total. The first-order chi connectivity index (χ1) is 38.1. The van der Waals surface area contributed by atoms with Crippen LogP contribution in [0.1, 0.15) is 309 Å². The highest BCUT2D eigenvalue weighted by atomic mass is 16.7. The molecule has 0 spiro atoms. The molecule has 2 saturated heterocycles. The average Bonchev–Trinajstić information content (AvgIpc) is 3.48. The van der Waals surface area contributed by atoms with Gasteiger partial charge in [0.05, 0.1) is 32.0 Å². The Morgan fingerprint density at radius 3 is 1.09 bits per heavy atom. The van der Waals surface area contributed by atoms with E-state index in [1.165, 1.54) is 231 Å². The van der Waals surface area contributed by atoms with E-state index in [-0.39, 0.29) is 12.5 Å². The smallest absolute Gasteiger partial charge is 0.220 e. The Morgan fingerprint density at radius 2 is 0.731 bits per heavy atom. The number of aliphatic hydroxyl groups excluding tert-OH is 8. The number of hydrogen-bond acceptors (Lipinski definition) is 13. The minimum Gasteiger partial charge on any atom is -0.394 e. The minimum absolute atomic E-state index is 0.203. The highest BCUT2D eigenvalue weighted by molar-refractivity contribution is 5.76. The Kier molecular flexibility index (Phi) is 47.3. The zero-order valence-corrected chi connectivity index (χ0v) is 50.2. The fourth-order valence-electron chi connectivity index (χ4n) is 11.5. The van der Waals surface area contributed by atoms with Gasteiger partial charge in [0.1, 0.15) is 48.8 Å². The number of ether oxygens (including phenoxy) is 4. The zero-order chi connectivity index (χ0) is 56.7. The minimum atomic E-state index is -1.78. The second-order valence-electron chi connectivity index (χ2n) is 24.0. The van der Waals surface area contributed by atoms with Gasteiger partial charge in [-0.1, -0.05) is 290 Å². The molecular formula is C64H125NO13. The van der Waals surface area contributed by atoms with Crippen molar-refractivity contribution in [3.8, 4) is 0 Å². The van der Waals surface area contributed by atoms with E-state index in [2.05, 4.69) is 19.2 Å². The molecule has 12 unspecified atom stereocenters. The quantitative estimate of drug-likeness (QED) is 0.0259. The maximum Gasteiger partial charge on any atom is 0.220 e. The van der Waals surface area contributed by atoms with E-state index in [1.807, 2.05) is 0 Å². The van der Waals surface area contributed by atoms with Crippen molar-refractivity contribution in [3.05, 3.63) is 0 Å². The maximum atomic E-state index is 13.2. The summed E-state index contributed by atoms with van der Waals surface area (Å²) in [6.45, 7) is 2.85. The predicted octanol–water partition coefficient (Wildman–Crippen LogP) is 12.5. The number of hydrogen-bond donors (Lipinski definition) is 9. The summed E-state index contributed by atoms with van der Waals surface area (Å²) in [7, 11) is 0. The molecule has 2 fully saturated rings. The molecule has 12 atom stereocenters. The van der Waals surface area contributed by atoms with E-state index in [4.69, 9.17) is 18.9 Å². The third-order valence-corrected chi connectivity index (χ3v) is 16.8. The van der Waals surface area contributed by atoms with E-state index in [0.717, 1.165) is 51.4 Å². The molecule has 0 aromatic carbocycles. The van der Waals surface area contributed by atoms with Crippen LogP contribution < -0.4 is 5.32 Å². The van der Waals surface area contributed by atoms with E-state index in [9.17, 15) is 45.6 Å². The van der Waals surface area contributed by atoms with Crippen LogP contribution in [0.2, 0.25) is 0 Å². The Hall–Kier alpha value is -1.01. The average molecular weight is 1120 g/mol. The molecule has 0 saturated carbocycles. The number of carbonyl (C=O) groups excluding carboxylic acids is 1. The molecule has 2 heterocycles. The molecule has 0 aromatic heterocycles. The van der Waals surface area contributed by atoms with Gasteiger partial charge in [0, 0.05) is 6.42 Å². The molecule has 14 nitrogen and oxygen atoms in total. The van der Waals surface area contributed by atoms with Crippen molar-refractivity contribution in [2.24, 2.45) is 0 Å². The van der Waals surface area contributed by atoms with Crippen LogP contribution in [0.4, 0.5) is 0 Å². The van der Waals surface area contributed by atoms with Crippen LogP contribution in [0, 0.1) is 0 Å². The molecule has 0 aliphatic carbocycles. The van der Waals surface area contributed by atoms with Gasteiger partial charge in [-0.25, -0.2) is 0 Å². The van der Waals surface area contributed by atoms with Crippen LogP contribution in [0.25, 0.3) is 0 Å². The number of rotatable bonds is 55. The summed E-state index contributed by atoms with van der Waals surface area (Å²) in [4.78, 5) is 13.2. The maximum absolute atomic E-state index is 13.2. The van der Waals surface area contributed by atoms with Crippen molar-refractivity contribution < 1.29 is 64.6 Å². The Labute approximate surface area is 476 Å². The normalized spacial score (nSPS) is 24.4. The molecule has 464 valence electrons. The van der Waals surface area contributed by atoms with Gasteiger partial charge < -0.3 is 65.1 Å². The number of carbonyl (C=O) groups is 1. The highest BCUT2D eigenvalue weighted by Gasteiger charge is 2.51. The molecule has 0 radical (unpaired) electrons. The van der Waals surface area contributed by atoms with Gasteiger partial charge in [-0.3, -0.25) is 4.79 Å². The van der Waals surface area contributed by atoms with Crippen LogP contribution in [0.5, 0.6) is 0 Å². The van der Waals surface area contributed by atoms with Gasteiger partial charge in [-0.05, 0) is 12.8 Å². The first-order valence-corrected chi connectivity index (χ1v) is 33.3. The van der Waals surface area contributed by atoms with Crippen LogP contribution in [-0.4, -0.2) is 140 Å². The van der Waals surface area contributed by atoms with Crippen molar-refractivity contribution in [1.29, 1.82) is 0 Å². The third-order valence-electron chi connectivity index (χ3n) is 16.8. The van der Waals surface area contributed by atoms with Gasteiger partial charge in [0.15, 0.2) is 12.6 Å². The first kappa shape index (κ1) is 73.1. The van der Waals surface area contributed by atoms with Crippen LogP contribution >= 0.6 is 0 Å². The van der Waals surface area contributed by atoms with Gasteiger partial charge in [0.2, 0.25) is 5.91 Å². The number of amides is 1. The third kappa shape index (κ3) is 35.2. The standard InChI is InChI=1S/C64H125NO13/c1-3-5-7-9-11-13-14-15-16-17-18-19-20-21-22-23-24-25-26-27-28-29-30-31-32-33-34-35-36-37-38-39-40-42-44-46-48-56(69)65-52(53(68)47-45-43-41-12-10-8-6-4-2)51-75-63-61(74)59(72)62(55(50-67)77-63)78-64-60(73)58(71)57(70)54(49-66)76-64/h52-55,57-64,66-68,70-74H,3-51H2,1-2H3,(H,65,69). The summed E-state index contributed by atoms with van der Waals surface area (Å²) in [5.74, 6) is -0.203. The summed E-state index contributed by atoms with van der Waals surface area (Å²) >= 11 is 0. The van der Waals surface area contributed by atoms with Crippen molar-refractivity contribution in [2.45, 2.75) is 383 Å². The van der Waals surface area contributed by atoms with E-state index < -0.39 is 86.8 Å². The molecule has 2 rings (SSSR count). The van der Waals surface area contributed by atoms with Crippen molar-refractivity contribution in [1.82, 2.24) is 5.32 Å². The van der Waals surface area contributed by atoms with E-state index in [1.54, 1.807) is 0 Å². The van der Waals surface area contributed by atoms with Crippen molar-refractivity contribution >= 4 is 5.91 Å². The summed E-state index contributed by atoms with van der Waals surface area (Å²) in [5, 5.41) is 87.0. The SMILES string of the molecule is CCCCCCCCCCCCCCCCCCCCCCCCCCCCCCCCCCCCCCC(=O)NC(COC1OC(CO)C(OC2OC(CO)C(O)C(O)C2O)C(O)C1O)C(O)CCCCCCCCCC. The molecule has 14 heteroatoms. The van der Waals surface area contributed by atoms with Gasteiger partial charge in [-0.15, -0.1) is 0 Å². The van der Waals surface area contributed by atoms with Gasteiger partial charge in [-0.2, -0.15) is 0 Å². The molecule has 2 aliphatic rings. The highest BCUT2D eigenvalue weighted by Crippen LogP contribution is 2.30. The Bertz CT molecular complexity index is 1310. The lowest BCUT2D eigenvalue weighted by atomic mass is 9.97. The molecule has 0 aromatic rings. The monoisotopic (exact) mass is 1120 g/mol. The predicted molar refractivity (Wildman–Crippen MR) is 314 cm³/mol. The van der Waals surface area contributed by atoms with Crippen LogP contribution in [0.3, 0.4) is 0 Å². The number of aliphatic hydroxyl groups is 8. The van der Waals surface area contributed by atoms with Gasteiger partial charge >= 0.3 is 0 Å². The largest absolute Gasteiger partial charge is 0.394 e. The summed E-state index contributed by atoms with van der Waals surface area (Å²) in [6, 6.07) is -0.821. The van der Waals surface area contributed by atoms with E-state index >= 15 is 0 Å². The van der Waals surface area contributed by atoms with Crippen molar-refractivity contribution in [2.75, 3.05) is 19.8 Å². The number of unbranched alkanes of at least 4 members (excludes halogenated alkanes) is 42. The van der Waals surface area contributed by atoms with Crippen molar-refractivity contribution in [3.63, 3.8) is 0 Å². The summed E-state index contributed by atoms with van der Waals surface area (Å²) < 4.78 is 22.8. The molecule has 1 amide bonds. The molecule has 78 heavy (non-hydrogen) atoms. The number of nitrogens with one attached hydrogen (secondary N) is 1. The van der Waals surface area contributed by atoms with Crippen LogP contribution in [0.15, 0.2) is 0 Å². The lowest BCUT2D eigenvalue weighted by Crippen LogP contribution is -2.65. The Morgan fingerprint density at radius 1 is 0.410 bits per heavy atom. The molecular weight excluding hydrogens is 991 g/mol. The first-order valence-electron chi connectivity index (χ1n) is 33.3. The fraction of sp³-hybridized carbons (Fsp3) is 0.984. The topological polar surface area (TPSA) is 228 Å². The second kappa shape index (κ2) is 50.5. The zero-order valence-electron chi connectivity index (χ0n) is 50.2. The Balaban J connectivity index is 1.51. The second-order valence-corrected chi connectivity index (χ2v) is 24.0. The summed E-state index contributed by atoms with van der Waals surface area (Å²) in [6.07, 6.45) is 41.9. The fourth-order valence-corrected chi connectivity index (χ4v) is 11.5. The lowest BCUT2D eigenvalue weighted by molar-refractivity contribution is -0.359.